The standard InChI is InChI=1S/C19H30N6O/c1-5-20-19(23-15(4)10-9-14(2)3)22-13-11-17-24-18(26-25-17)16-8-6-7-12-21-16/h6-8,12,14-15H,5,9-11,13H2,1-4H3,(H2,20,22,23). The number of nitrogens with one attached hydrogen (secondary N) is 2. The molecule has 0 spiro atoms. The lowest BCUT2D eigenvalue weighted by Gasteiger charge is -2.18. The van der Waals surface area contributed by atoms with Crippen LogP contribution in [0.25, 0.3) is 11.6 Å². The molecule has 7 heteroatoms. The van der Waals surface area contributed by atoms with Gasteiger partial charge in [0.2, 0.25) is 0 Å². The molecule has 2 heterocycles. The number of guanidine groups is 1. The Labute approximate surface area is 155 Å². The quantitative estimate of drug-likeness (QED) is 0.529. The van der Waals surface area contributed by atoms with Crippen molar-refractivity contribution in [3.63, 3.8) is 0 Å². The van der Waals surface area contributed by atoms with Crippen LogP contribution in [-0.4, -0.2) is 40.2 Å². The van der Waals surface area contributed by atoms with Crippen LogP contribution in [-0.2, 0) is 6.42 Å². The van der Waals surface area contributed by atoms with E-state index in [4.69, 9.17) is 4.52 Å². The van der Waals surface area contributed by atoms with Gasteiger partial charge in [-0.3, -0.25) is 9.98 Å². The van der Waals surface area contributed by atoms with E-state index in [0.29, 0.717) is 42.3 Å². The summed E-state index contributed by atoms with van der Waals surface area (Å²) in [6, 6.07) is 5.98. The normalized spacial score (nSPS) is 13.0. The minimum Gasteiger partial charge on any atom is -0.357 e. The Morgan fingerprint density at radius 2 is 2.08 bits per heavy atom. The van der Waals surface area contributed by atoms with Gasteiger partial charge in [-0.15, -0.1) is 0 Å². The maximum Gasteiger partial charge on any atom is 0.276 e. The number of nitrogens with zero attached hydrogens (tertiary/aromatic N) is 4. The van der Waals surface area contributed by atoms with Gasteiger partial charge < -0.3 is 15.2 Å². The number of rotatable bonds is 9. The summed E-state index contributed by atoms with van der Waals surface area (Å²) in [6.45, 7) is 10.2. The molecule has 0 amide bonds. The number of hydrogen-bond donors (Lipinski definition) is 2. The number of aromatic nitrogens is 3. The van der Waals surface area contributed by atoms with Gasteiger partial charge in [-0.2, -0.15) is 4.98 Å². The van der Waals surface area contributed by atoms with Crippen LogP contribution in [0.5, 0.6) is 0 Å². The zero-order chi connectivity index (χ0) is 18.8. The predicted octanol–water partition coefficient (Wildman–Crippen LogP) is 3.05. The van der Waals surface area contributed by atoms with Crippen molar-refractivity contribution in [2.24, 2.45) is 10.9 Å². The Morgan fingerprint density at radius 3 is 2.77 bits per heavy atom. The second-order valence-electron chi connectivity index (χ2n) is 6.76. The Bertz CT molecular complexity index is 668. The molecule has 26 heavy (non-hydrogen) atoms. The molecular formula is C19H30N6O. The van der Waals surface area contributed by atoms with Crippen molar-refractivity contribution in [2.75, 3.05) is 13.1 Å². The second-order valence-corrected chi connectivity index (χ2v) is 6.76. The molecule has 1 unspecified atom stereocenters. The van der Waals surface area contributed by atoms with E-state index < -0.39 is 0 Å². The third-order valence-electron chi connectivity index (χ3n) is 3.86. The first-order chi connectivity index (χ1) is 12.6. The Kier molecular flexibility index (Phi) is 8.05. The molecule has 0 saturated carbocycles. The summed E-state index contributed by atoms with van der Waals surface area (Å²) in [5.74, 6) is 2.62. The highest BCUT2D eigenvalue weighted by Gasteiger charge is 2.10. The molecule has 0 radical (unpaired) electrons. The van der Waals surface area contributed by atoms with Gasteiger partial charge in [0.25, 0.3) is 5.89 Å². The molecule has 0 saturated heterocycles. The van der Waals surface area contributed by atoms with Crippen LogP contribution >= 0.6 is 0 Å². The minimum atomic E-state index is 0.385. The maximum atomic E-state index is 5.27. The SMILES string of the molecule is CCNC(=NCCc1noc(-c2ccccn2)n1)NC(C)CCC(C)C. The van der Waals surface area contributed by atoms with Crippen molar-refractivity contribution in [3.05, 3.63) is 30.2 Å². The summed E-state index contributed by atoms with van der Waals surface area (Å²) >= 11 is 0. The predicted molar refractivity (Wildman–Crippen MR) is 104 cm³/mol. The first-order valence-corrected chi connectivity index (χ1v) is 9.37. The van der Waals surface area contributed by atoms with Crippen LogP contribution in [0.4, 0.5) is 0 Å². The van der Waals surface area contributed by atoms with Crippen molar-refractivity contribution in [2.45, 2.75) is 53.0 Å². The van der Waals surface area contributed by atoms with E-state index in [9.17, 15) is 0 Å². The number of pyridine rings is 1. The van der Waals surface area contributed by atoms with Crippen molar-refractivity contribution in [1.29, 1.82) is 0 Å². The van der Waals surface area contributed by atoms with Crippen LogP contribution in [0.15, 0.2) is 33.9 Å². The molecule has 142 valence electrons. The van der Waals surface area contributed by atoms with E-state index in [2.05, 4.69) is 58.4 Å². The fourth-order valence-electron chi connectivity index (χ4n) is 2.43. The van der Waals surface area contributed by atoms with E-state index in [1.165, 1.54) is 6.42 Å². The smallest absolute Gasteiger partial charge is 0.276 e. The van der Waals surface area contributed by atoms with E-state index in [1.807, 2.05) is 18.2 Å². The summed E-state index contributed by atoms with van der Waals surface area (Å²) in [6.07, 6.45) is 4.65. The van der Waals surface area contributed by atoms with Crippen LogP contribution in [0.1, 0.15) is 46.4 Å². The third kappa shape index (κ3) is 6.82. The number of hydrogen-bond acceptors (Lipinski definition) is 5. The summed E-state index contributed by atoms with van der Waals surface area (Å²) in [5, 5.41) is 10.7. The molecular weight excluding hydrogens is 328 g/mol. The topological polar surface area (TPSA) is 88.2 Å². The molecule has 1 atom stereocenters. The average molecular weight is 358 g/mol. The van der Waals surface area contributed by atoms with Gasteiger partial charge in [-0.05, 0) is 44.7 Å². The fraction of sp³-hybridized carbons (Fsp3) is 0.579. The Morgan fingerprint density at radius 1 is 1.23 bits per heavy atom. The van der Waals surface area contributed by atoms with Gasteiger partial charge in [0.1, 0.15) is 5.69 Å². The summed E-state index contributed by atoms with van der Waals surface area (Å²) in [7, 11) is 0. The molecule has 2 aromatic rings. The van der Waals surface area contributed by atoms with E-state index >= 15 is 0 Å². The van der Waals surface area contributed by atoms with Crippen molar-refractivity contribution >= 4 is 5.96 Å². The lowest BCUT2D eigenvalue weighted by molar-refractivity contribution is 0.421. The van der Waals surface area contributed by atoms with Gasteiger partial charge in [0.15, 0.2) is 11.8 Å². The Balaban J connectivity index is 1.86. The molecule has 2 aromatic heterocycles. The van der Waals surface area contributed by atoms with Gasteiger partial charge in [-0.1, -0.05) is 25.1 Å². The molecule has 0 aliphatic rings. The molecule has 0 aromatic carbocycles. The second kappa shape index (κ2) is 10.5. The molecule has 0 aliphatic heterocycles. The van der Waals surface area contributed by atoms with E-state index in [1.54, 1.807) is 6.20 Å². The Hall–Kier alpha value is -2.44. The largest absolute Gasteiger partial charge is 0.357 e. The highest BCUT2D eigenvalue weighted by molar-refractivity contribution is 5.80. The summed E-state index contributed by atoms with van der Waals surface area (Å²) in [4.78, 5) is 13.2. The van der Waals surface area contributed by atoms with Gasteiger partial charge in [0.05, 0.1) is 0 Å². The van der Waals surface area contributed by atoms with Crippen LogP contribution in [0.3, 0.4) is 0 Å². The van der Waals surface area contributed by atoms with Crippen molar-refractivity contribution in [1.82, 2.24) is 25.8 Å². The first-order valence-electron chi connectivity index (χ1n) is 9.37. The zero-order valence-electron chi connectivity index (χ0n) is 16.2. The minimum absolute atomic E-state index is 0.385. The van der Waals surface area contributed by atoms with Crippen LogP contribution in [0.2, 0.25) is 0 Å². The highest BCUT2D eigenvalue weighted by Crippen LogP contribution is 2.13. The summed E-state index contributed by atoms with van der Waals surface area (Å²) in [5.41, 5.74) is 0.684. The molecule has 0 aliphatic carbocycles. The van der Waals surface area contributed by atoms with Crippen molar-refractivity contribution < 1.29 is 4.52 Å². The average Bonchev–Trinajstić information content (AvgIpc) is 3.10. The molecule has 7 nitrogen and oxygen atoms in total. The molecule has 0 fully saturated rings. The van der Waals surface area contributed by atoms with Gasteiger partial charge >= 0.3 is 0 Å². The lowest BCUT2D eigenvalue weighted by atomic mass is 10.0. The highest BCUT2D eigenvalue weighted by atomic mass is 16.5. The summed E-state index contributed by atoms with van der Waals surface area (Å²) < 4.78 is 5.27. The van der Waals surface area contributed by atoms with E-state index in [0.717, 1.165) is 18.9 Å². The van der Waals surface area contributed by atoms with Gasteiger partial charge in [0, 0.05) is 31.7 Å². The maximum absolute atomic E-state index is 5.27. The fourth-order valence-corrected chi connectivity index (χ4v) is 2.43. The zero-order valence-corrected chi connectivity index (χ0v) is 16.2. The third-order valence-corrected chi connectivity index (χ3v) is 3.86. The molecule has 2 N–H and O–H groups in total. The molecule has 0 bridgehead atoms. The number of aliphatic imine (C=N–C) groups is 1. The first kappa shape index (κ1) is 19.9. The van der Waals surface area contributed by atoms with Crippen LogP contribution < -0.4 is 10.6 Å². The van der Waals surface area contributed by atoms with Crippen molar-refractivity contribution in [3.8, 4) is 11.6 Å². The van der Waals surface area contributed by atoms with Gasteiger partial charge in [-0.25, -0.2) is 0 Å². The van der Waals surface area contributed by atoms with E-state index in [-0.39, 0.29) is 0 Å². The lowest BCUT2D eigenvalue weighted by Crippen LogP contribution is -2.42. The monoisotopic (exact) mass is 358 g/mol. The van der Waals surface area contributed by atoms with Crippen LogP contribution in [0, 0.1) is 5.92 Å². The molecule has 2 rings (SSSR count).